The second-order valence-corrected chi connectivity index (χ2v) is 7.54. The van der Waals surface area contributed by atoms with Crippen molar-refractivity contribution in [2.75, 3.05) is 13.1 Å². The molecule has 0 aliphatic heterocycles. The van der Waals surface area contributed by atoms with Crippen LogP contribution in [0, 0.1) is 0 Å². The quantitative estimate of drug-likeness (QED) is 0.745. The van der Waals surface area contributed by atoms with Crippen LogP contribution in [-0.2, 0) is 10.0 Å². The van der Waals surface area contributed by atoms with Crippen molar-refractivity contribution in [1.29, 1.82) is 0 Å². The van der Waals surface area contributed by atoms with Crippen LogP contribution in [0.2, 0.25) is 0 Å². The Morgan fingerprint density at radius 2 is 1.87 bits per heavy atom. The summed E-state index contributed by atoms with van der Waals surface area (Å²) in [6.45, 7) is 7.68. The molecule has 0 aromatic heterocycles. The molecule has 0 radical (unpaired) electrons. The van der Waals surface area contributed by atoms with Crippen molar-refractivity contribution in [1.82, 2.24) is 4.31 Å². The van der Waals surface area contributed by atoms with Gasteiger partial charge in [-0.3, -0.25) is 0 Å². The SMILES string of the molecule is CCN(CCC(N)=S)S(=O)(=O)C(C)(C)C. The van der Waals surface area contributed by atoms with Crippen LogP contribution in [0.15, 0.2) is 0 Å². The highest BCUT2D eigenvalue weighted by Gasteiger charge is 2.33. The van der Waals surface area contributed by atoms with Crippen molar-refractivity contribution in [2.45, 2.75) is 38.9 Å². The third-order valence-electron chi connectivity index (χ3n) is 2.07. The van der Waals surface area contributed by atoms with E-state index in [0.717, 1.165) is 0 Å². The Labute approximate surface area is 97.9 Å². The van der Waals surface area contributed by atoms with Gasteiger partial charge < -0.3 is 5.73 Å². The van der Waals surface area contributed by atoms with Crippen LogP contribution in [0.4, 0.5) is 0 Å². The van der Waals surface area contributed by atoms with Crippen LogP contribution in [0.5, 0.6) is 0 Å². The minimum absolute atomic E-state index is 0.345. The van der Waals surface area contributed by atoms with Crippen LogP contribution in [0.3, 0.4) is 0 Å². The normalized spacial score (nSPS) is 13.1. The Balaban J connectivity index is 4.76. The van der Waals surface area contributed by atoms with Crippen molar-refractivity contribution >= 4 is 27.2 Å². The van der Waals surface area contributed by atoms with Crippen LogP contribution < -0.4 is 5.73 Å². The van der Waals surface area contributed by atoms with E-state index in [-0.39, 0.29) is 0 Å². The molecule has 0 heterocycles. The van der Waals surface area contributed by atoms with Crippen molar-refractivity contribution < 1.29 is 8.42 Å². The number of nitrogens with zero attached hydrogens (tertiary/aromatic N) is 1. The molecule has 0 aromatic carbocycles. The highest BCUT2D eigenvalue weighted by Crippen LogP contribution is 2.19. The maximum Gasteiger partial charge on any atom is 0.219 e. The summed E-state index contributed by atoms with van der Waals surface area (Å²) in [6.07, 6.45) is 0.429. The molecule has 0 rings (SSSR count). The number of hydrogen-bond acceptors (Lipinski definition) is 3. The Bertz CT molecular complexity index is 317. The molecule has 6 heteroatoms. The minimum atomic E-state index is -3.27. The third kappa shape index (κ3) is 4.04. The fraction of sp³-hybridized carbons (Fsp3) is 0.889. The van der Waals surface area contributed by atoms with Gasteiger partial charge in [0.2, 0.25) is 10.0 Å². The molecule has 0 aliphatic rings. The summed E-state index contributed by atoms with van der Waals surface area (Å²) in [5.41, 5.74) is 5.36. The van der Waals surface area contributed by atoms with Gasteiger partial charge in [-0.1, -0.05) is 19.1 Å². The van der Waals surface area contributed by atoms with E-state index in [9.17, 15) is 8.42 Å². The van der Waals surface area contributed by atoms with Gasteiger partial charge >= 0.3 is 0 Å². The first-order valence-corrected chi connectivity index (χ1v) is 6.75. The lowest BCUT2D eigenvalue weighted by atomic mass is 10.3. The number of sulfonamides is 1. The van der Waals surface area contributed by atoms with Gasteiger partial charge in [0.1, 0.15) is 0 Å². The zero-order chi connectivity index (χ0) is 12.3. The topological polar surface area (TPSA) is 63.4 Å². The lowest BCUT2D eigenvalue weighted by molar-refractivity contribution is 0.417. The highest BCUT2D eigenvalue weighted by atomic mass is 32.2. The van der Waals surface area contributed by atoms with E-state index in [4.69, 9.17) is 18.0 Å². The molecule has 15 heavy (non-hydrogen) atoms. The van der Waals surface area contributed by atoms with Gasteiger partial charge in [-0.05, 0) is 20.8 Å². The van der Waals surface area contributed by atoms with E-state index in [1.807, 2.05) is 6.92 Å². The lowest BCUT2D eigenvalue weighted by Gasteiger charge is -2.28. The number of rotatable bonds is 5. The van der Waals surface area contributed by atoms with Gasteiger partial charge in [-0.2, -0.15) is 0 Å². The van der Waals surface area contributed by atoms with Gasteiger partial charge in [-0.25, -0.2) is 12.7 Å². The first-order chi connectivity index (χ1) is 6.63. The zero-order valence-electron chi connectivity index (χ0n) is 9.78. The molecule has 2 N–H and O–H groups in total. The van der Waals surface area contributed by atoms with E-state index < -0.39 is 14.8 Å². The molecule has 0 saturated carbocycles. The molecular weight excluding hydrogens is 232 g/mol. The Kier molecular flexibility index (Phi) is 5.16. The largest absolute Gasteiger partial charge is 0.393 e. The van der Waals surface area contributed by atoms with Crippen molar-refractivity contribution in [3.05, 3.63) is 0 Å². The van der Waals surface area contributed by atoms with E-state index >= 15 is 0 Å². The maximum absolute atomic E-state index is 12.0. The van der Waals surface area contributed by atoms with Gasteiger partial charge in [0, 0.05) is 19.5 Å². The van der Waals surface area contributed by atoms with Crippen LogP contribution >= 0.6 is 12.2 Å². The molecule has 0 aromatic rings. The summed E-state index contributed by atoms with van der Waals surface area (Å²) in [4.78, 5) is 0.345. The second-order valence-electron chi connectivity index (χ2n) is 4.33. The van der Waals surface area contributed by atoms with Crippen LogP contribution in [-0.4, -0.2) is 35.5 Å². The number of thiocarbonyl (C=S) groups is 1. The van der Waals surface area contributed by atoms with Crippen molar-refractivity contribution in [3.8, 4) is 0 Å². The predicted octanol–water partition coefficient (Wildman–Crippen LogP) is 1.11. The molecule has 0 amide bonds. The van der Waals surface area contributed by atoms with E-state index in [1.165, 1.54) is 4.31 Å². The molecular formula is C9H20N2O2S2. The molecule has 0 unspecified atom stereocenters. The molecule has 4 nitrogen and oxygen atoms in total. The summed E-state index contributed by atoms with van der Waals surface area (Å²) in [7, 11) is -3.27. The smallest absolute Gasteiger partial charge is 0.219 e. The molecule has 0 spiro atoms. The fourth-order valence-electron chi connectivity index (χ4n) is 1.07. The Morgan fingerprint density at radius 1 is 1.40 bits per heavy atom. The molecule has 0 atom stereocenters. The summed E-state index contributed by atoms with van der Waals surface area (Å²) in [5.74, 6) is 0. The zero-order valence-corrected chi connectivity index (χ0v) is 11.4. The van der Waals surface area contributed by atoms with Crippen LogP contribution in [0.1, 0.15) is 34.1 Å². The lowest BCUT2D eigenvalue weighted by Crippen LogP contribution is -2.43. The number of hydrogen-bond donors (Lipinski definition) is 1. The summed E-state index contributed by atoms with van der Waals surface area (Å²) < 4.78 is 24.7. The average Bonchev–Trinajstić information content (AvgIpc) is 2.02. The van der Waals surface area contributed by atoms with Gasteiger partial charge in [0.25, 0.3) is 0 Å². The molecule has 0 aliphatic carbocycles. The second kappa shape index (κ2) is 5.23. The summed E-state index contributed by atoms with van der Waals surface area (Å²) in [5, 5.41) is 0. The fourth-order valence-corrected chi connectivity index (χ4v) is 2.61. The molecule has 0 bridgehead atoms. The monoisotopic (exact) mass is 252 g/mol. The average molecular weight is 252 g/mol. The van der Waals surface area contributed by atoms with E-state index in [1.54, 1.807) is 20.8 Å². The highest BCUT2D eigenvalue weighted by molar-refractivity contribution is 7.90. The van der Waals surface area contributed by atoms with Crippen molar-refractivity contribution in [2.24, 2.45) is 5.73 Å². The standard InChI is InChI=1S/C9H20N2O2S2/c1-5-11(7-6-8(10)14)15(12,13)9(2,3)4/h5-7H2,1-4H3,(H2,10,14). The molecule has 0 fully saturated rings. The van der Waals surface area contributed by atoms with E-state index in [0.29, 0.717) is 24.5 Å². The molecule has 0 saturated heterocycles. The first kappa shape index (κ1) is 14.8. The van der Waals surface area contributed by atoms with Crippen molar-refractivity contribution in [3.63, 3.8) is 0 Å². The van der Waals surface area contributed by atoms with Gasteiger partial charge in [0.15, 0.2) is 0 Å². The maximum atomic E-state index is 12.0. The summed E-state index contributed by atoms with van der Waals surface area (Å²) >= 11 is 4.73. The van der Waals surface area contributed by atoms with Gasteiger partial charge in [0.05, 0.1) is 9.74 Å². The Hall–Kier alpha value is -0.200. The predicted molar refractivity (Wildman–Crippen MR) is 67.3 cm³/mol. The third-order valence-corrected chi connectivity index (χ3v) is 4.95. The first-order valence-electron chi connectivity index (χ1n) is 4.91. The Morgan fingerprint density at radius 3 is 2.13 bits per heavy atom. The van der Waals surface area contributed by atoms with Crippen LogP contribution in [0.25, 0.3) is 0 Å². The van der Waals surface area contributed by atoms with E-state index in [2.05, 4.69) is 0 Å². The van der Waals surface area contributed by atoms with Gasteiger partial charge in [-0.15, -0.1) is 0 Å². The summed E-state index contributed by atoms with van der Waals surface area (Å²) in [6, 6.07) is 0. The minimum Gasteiger partial charge on any atom is -0.393 e. The molecule has 90 valence electrons. The number of nitrogens with two attached hydrogens (primary N) is 1.